The van der Waals surface area contributed by atoms with Gasteiger partial charge in [-0.2, -0.15) is 0 Å². The Labute approximate surface area is 206 Å². The lowest BCUT2D eigenvalue weighted by molar-refractivity contribution is -0.112. The molecule has 2 aliphatic rings. The van der Waals surface area contributed by atoms with Crippen LogP contribution in [-0.4, -0.2) is 48.7 Å². The van der Waals surface area contributed by atoms with Gasteiger partial charge in [0.25, 0.3) is 11.8 Å². The molecule has 0 bridgehead atoms. The van der Waals surface area contributed by atoms with E-state index >= 15 is 0 Å². The second kappa shape index (κ2) is 11.6. The van der Waals surface area contributed by atoms with E-state index in [2.05, 4.69) is 46.7 Å². The summed E-state index contributed by atoms with van der Waals surface area (Å²) in [6.07, 6.45) is 2.18. The number of piperidine rings is 1. The van der Waals surface area contributed by atoms with Crippen LogP contribution in [0.2, 0.25) is 0 Å². The Balaban J connectivity index is 1.20. The molecule has 2 amide bonds. The Hall–Kier alpha value is -2.77. The molecule has 2 aliphatic heterocycles. The number of aryl methyl sites for hydroxylation is 1. The molecule has 2 aromatic carbocycles. The summed E-state index contributed by atoms with van der Waals surface area (Å²) in [7, 11) is 0. The van der Waals surface area contributed by atoms with Gasteiger partial charge in [0, 0.05) is 30.1 Å². The Bertz CT molecular complexity index is 1030. The van der Waals surface area contributed by atoms with Gasteiger partial charge in [0.1, 0.15) is 10.7 Å². The van der Waals surface area contributed by atoms with Crippen molar-refractivity contribution in [2.24, 2.45) is 5.92 Å². The first-order valence-electron chi connectivity index (χ1n) is 11.9. The quantitative estimate of drug-likeness (QED) is 0.609. The predicted octanol–water partition coefficient (Wildman–Crippen LogP) is 4.57. The molecule has 2 heterocycles. The summed E-state index contributed by atoms with van der Waals surface area (Å²) < 4.78 is 5.46. The number of allylic oxidation sites excluding steroid dienone is 1. The fraction of sp³-hybridized carbons (Fsp3) is 0.407. The molecule has 0 spiro atoms. The fourth-order valence-corrected chi connectivity index (χ4v) is 5.08. The van der Waals surface area contributed by atoms with Gasteiger partial charge in [-0.25, -0.2) is 0 Å². The number of carbonyl (C=O) groups excluding carboxylic acids is 2. The number of likely N-dealkylation sites (tertiary alicyclic amines) is 1. The largest absolute Gasteiger partial charge is 0.496 e. The molecule has 1 fully saturated rings. The number of benzene rings is 2. The van der Waals surface area contributed by atoms with Crippen LogP contribution >= 0.6 is 11.8 Å². The second-order valence-electron chi connectivity index (χ2n) is 9.03. The van der Waals surface area contributed by atoms with Crippen LogP contribution in [0.3, 0.4) is 0 Å². The maximum Gasteiger partial charge on any atom is 0.265 e. The topological polar surface area (TPSA) is 70.7 Å². The predicted molar refractivity (Wildman–Crippen MR) is 138 cm³/mol. The number of ether oxygens (including phenoxy) is 1. The van der Waals surface area contributed by atoms with E-state index in [1.54, 1.807) is 24.3 Å². The highest BCUT2D eigenvalue weighted by Crippen LogP contribution is 2.26. The van der Waals surface area contributed by atoms with Gasteiger partial charge in [-0.05, 0) is 75.5 Å². The van der Waals surface area contributed by atoms with Gasteiger partial charge in [0.2, 0.25) is 0 Å². The molecule has 0 saturated carbocycles. The average molecular weight is 480 g/mol. The SMILES string of the molecule is CC1=C(C(=O)Nc2ccc(C(=O)NCC3CCN(Cc4ccc(C)cc4)CC3)cc2)SCCO1. The smallest absolute Gasteiger partial charge is 0.265 e. The number of hydrogen-bond donors (Lipinski definition) is 2. The Morgan fingerprint density at radius 3 is 2.38 bits per heavy atom. The molecule has 0 radical (unpaired) electrons. The lowest BCUT2D eigenvalue weighted by Gasteiger charge is -2.32. The first kappa shape index (κ1) is 24.4. The fourth-order valence-electron chi connectivity index (χ4n) is 4.26. The summed E-state index contributed by atoms with van der Waals surface area (Å²) in [5.74, 6) is 1.68. The van der Waals surface area contributed by atoms with Gasteiger partial charge in [-0.15, -0.1) is 11.8 Å². The summed E-state index contributed by atoms with van der Waals surface area (Å²) in [4.78, 5) is 28.2. The lowest BCUT2D eigenvalue weighted by atomic mass is 9.96. The summed E-state index contributed by atoms with van der Waals surface area (Å²) in [6.45, 7) is 8.35. The third-order valence-electron chi connectivity index (χ3n) is 6.36. The van der Waals surface area contributed by atoms with E-state index in [4.69, 9.17) is 4.74 Å². The number of nitrogens with one attached hydrogen (secondary N) is 2. The van der Waals surface area contributed by atoms with E-state index < -0.39 is 0 Å². The van der Waals surface area contributed by atoms with Crippen LogP contribution in [0.4, 0.5) is 5.69 Å². The van der Waals surface area contributed by atoms with Gasteiger partial charge in [-0.1, -0.05) is 29.8 Å². The van der Waals surface area contributed by atoms with E-state index in [-0.39, 0.29) is 11.8 Å². The third kappa shape index (κ3) is 6.64. The molecule has 7 heteroatoms. The first-order chi connectivity index (χ1) is 16.5. The number of carbonyl (C=O) groups is 2. The molecule has 180 valence electrons. The van der Waals surface area contributed by atoms with Gasteiger partial charge >= 0.3 is 0 Å². The highest BCUT2D eigenvalue weighted by molar-refractivity contribution is 8.04. The summed E-state index contributed by atoms with van der Waals surface area (Å²) in [5.41, 5.74) is 3.91. The standard InChI is InChI=1S/C27H33N3O3S/c1-19-3-5-22(6-4-19)18-30-13-11-21(12-14-30)17-28-26(31)23-7-9-24(10-8-23)29-27(32)25-20(2)33-15-16-34-25/h3-10,21H,11-18H2,1-2H3,(H,28,31)(H,29,32). The number of anilines is 1. The zero-order valence-electron chi connectivity index (χ0n) is 19.9. The average Bonchev–Trinajstić information content (AvgIpc) is 2.85. The van der Waals surface area contributed by atoms with E-state index in [0.717, 1.165) is 38.2 Å². The van der Waals surface area contributed by atoms with Crippen LogP contribution < -0.4 is 10.6 Å². The molecule has 4 rings (SSSR count). The number of nitrogens with zero attached hydrogens (tertiary/aromatic N) is 1. The highest BCUT2D eigenvalue weighted by atomic mass is 32.2. The molecule has 34 heavy (non-hydrogen) atoms. The maximum atomic E-state index is 12.6. The summed E-state index contributed by atoms with van der Waals surface area (Å²) in [6, 6.07) is 15.8. The van der Waals surface area contributed by atoms with Crippen molar-refractivity contribution in [3.8, 4) is 0 Å². The van der Waals surface area contributed by atoms with Crippen LogP contribution in [0.1, 0.15) is 41.3 Å². The highest BCUT2D eigenvalue weighted by Gasteiger charge is 2.21. The zero-order chi connectivity index (χ0) is 23.9. The van der Waals surface area contributed by atoms with Crippen molar-refractivity contribution in [1.82, 2.24) is 10.2 Å². The van der Waals surface area contributed by atoms with E-state index in [0.29, 0.717) is 41.0 Å². The molecule has 0 unspecified atom stereocenters. The van der Waals surface area contributed by atoms with E-state index in [1.165, 1.54) is 22.9 Å². The molecule has 0 aromatic heterocycles. The van der Waals surface area contributed by atoms with Crippen LogP contribution in [0, 0.1) is 12.8 Å². The van der Waals surface area contributed by atoms with Crippen molar-refractivity contribution in [3.05, 3.63) is 75.9 Å². The maximum absolute atomic E-state index is 12.6. The second-order valence-corrected chi connectivity index (χ2v) is 10.1. The van der Waals surface area contributed by atoms with Gasteiger partial charge < -0.3 is 15.4 Å². The zero-order valence-corrected chi connectivity index (χ0v) is 20.7. The summed E-state index contributed by atoms with van der Waals surface area (Å²) >= 11 is 1.50. The minimum Gasteiger partial charge on any atom is -0.496 e. The number of amides is 2. The van der Waals surface area contributed by atoms with Crippen LogP contribution in [-0.2, 0) is 16.1 Å². The summed E-state index contributed by atoms with van der Waals surface area (Å²) in [5, 5.41) is 5.97. The van der Waals surface area contributed by atoms with Crippen LogP contribution in [0.25, 0.3) is 0 Å². The van der Waals surface area contributed by atoms with Crippen LogP contribution in [0.15, 0.2) is 59.2 Å². The Kier molecular flexibility index (Phi) is 8.29. The number of thioether (sulfide) groups is 1. The van der Waals surface area contributed by atoms with Crippen molar-refractivity contribution >= 4 is 29.3 Å². The van der Waals surface area contributed by atoms with Crippen LogP contribution in [0.5, 0.6) is 0 Å². The minimum absolute atomic E-state index is 0.0743. The normalized spacial score (nSPS) is 17.2. The minimum atomic E-state index is -0.173. The lowest BCUT2D eigenvalue weighted by Crippen LogP contribution is -2.38. The van der Waals surface area contributed by atoms with E-state index in [9.17, 15) is 9.59 Å². The van der Waals surface area contributed by atoms with Crippen molar-refractivity contribution in [3.63, 3.8) is 0 Å². The van der Waals surface area contributed by atoms with Crippen molar-refractivity contribution < 1.29 is 14.3 Å². The number of rotatable bonds is 7. The Morgan fingerprint density at radius 1 is 1.00 bits per heavy atom. The monoisotopic (exact) mass is 479 g/mol. The first-order valence-corrected chi connectivity index (χ1v) is 12.9. The molecular weight excluding hydrogens is 446 g/mol. The molecule has 6 nitrogen and oxygen atoms in total. The van der Waals surface area contributed by atoms with Crippen molar-refractivity contribution in [1.29, 1.82) is 0 Å². The molecule has 0 aliphatic carbocycles. The molecular formula is C27H33N3O3S. The van der Waals surface area contributed by atoms with Gasteiger partial charge in [0.15, 0.2) is 0 Å². The third-order valence-corrected chi connectivity index (χ3v) is 7.50. The number of hydrogen-bond acceptors (Lipinski definition) is 5. The molecule has 2 aromatic rings. The molecule has 2 N–H and O–H groups in total. The molecule has 0 atom stereocenters. The van der Waals surface area contributed by atoms with Gasteiger partial charge in [0.05, 0.1) is 6.61 Å². The Morgan fingerprint density at radius 2 is 1.71 bits per heavy atom. The van der Waals surface area contributed by atoms with Crippen molar-refractivity contribution in [2.45, 2.75) is 33.2 Å². The van der Waals surface area contributed by atoms with Gasteiger partial charge in [-0.3, -0.25) is 14.5 Å². The van der Waals surface area contributed by atoms with Crippen molar-refractivity contribution in [2.75, 3.05) is 37.3 Å². The molecule has 1 saturated heterocycles. The van der Waals surface area contributed by atoms with E-state index in [1.807, 2.05) is 6.92 Å².